The zero-order valence-corrected chi connectivity index (χ0v) is 41.5. The number of anilines is 2. The fourth-order valence-electron chi connectivity index (χ4n) is 9.31. The van der Waals surface area contributed by atoms with Crippen LogP contribution in [0.15, 0.2) is 112 Å². The quantitative estimate of drug-likeness (QED) is 0.0679. The van der Waals surface area contributed by atoms with Crippen molar-refractivity contribution in [1.29, 1.82) is 0 Å². The van der Waals surface area contributed by atoms with E-state index in [2.05, 4.69) is 41.9 Å². The second-order valence-electron chi connectivity index (χ2n) is 17.8. The van der Waals surface area contributed by atoms with E-state index in [1.54, 1.807) is 19.2 Å². The number of fused-ring (bicyclic) bond motifs is 1. The fraction of sp³-hybridized carbons (Fsp3) is 0.429. The lowest BCUT2D eigenvalue weighted by molar-refractivity contribution is -0.0565. The van der Waals surface area contributed by atoms with Crippen molar-refractivity contribution in [3.8, 4) is 11.1 Å². The summed E-state index contributed by atoms with van der Waals surface area (Å²) in [5.74, 6) is -0.409. The molecule has 1 saturated heterocycles. The number of halogens is 5. The summed E-state index contributed by atoms with van der Waals surface area (Å²) in [7, 11) is -7.12. The Morgan fingerprint density at radius 3 is 2.36 bits per heavy atom. The van der Waals surface area contributed by atoms with Gasteiger partial charge in [-0.2, -0.15) is 13.2 Å². The van der Waals surface area contributed by atoms with Gasteiger partial charge in [0.1, 0.15) is 22.9 Å². The number of hydrogen-bond donors (Lipinski definition) is 2. The molecule has 2 fully saturated rings. The molecule has 1 aliphatic carbocycles. The Morgan fingerprint density at radius 1 is 0.942 bits per heavy atom. The van der Waals surface area contributed by atoms with Crippen LogP contribution in [0.5, 0.6) is 0 Å². The van der Waals surface area contributed by atoms with Gasteiger partial charge in [-0.25, -0.2) is 31.2 Å². The summed E-state index contributed by atoms with van der Waals surface area (Å²) >= 11 is 7.31. The monoisotopic (exact) mass is 1030 g/mol. The second-order valence-corrected chi connectivity index (χ2v) is 22.9. The molecule has 12 nitrogen and oxygen atoms in total. The zero-order chi connectivity index (χ0) is 49.9. The number of rotatable bonds is 17. The molecule has 1 atom stereocenters. The van der Waals surface area contributed by atoms with Gasteiger partial charge in [0, 0.05) is 94.0 Å². The molecule has 2 N–H and O–H groups in total. The van der Waals surface area contributed by atoms with E-state index in [0.717, 1.165) is 66.8 Å². The second kappa shape index (κ2) is 21.6. The van der Waals surface area contributed by atoms with Gasteiger partial charge in [0.15, 0.2) is 0 Å². The van der Waals surface area contributed by atoms with Crippen LogP contribution < -0.4 is 10.0 Å². The van der Waals surface area contributed by atoms with Gasteiger partial charge in [-0.1, -0.05) is 60.1 Å². The van der Waals surface area contributed by atoms with Crippen molar-refractivity contribution in [2.24, 2.45) is 0 Å². The maximum absolute atomic E-state index is 14.6. The minimum Gasteiger partial charge on any atom is -0.380 e. The number of nitrogens with one attached hydrogen (secondary N) is 2. The number of thioether (sulfide) groups is 1. The third-order valence-corrected chi connectivity index (χ3v) is 17.8. The van der Waals surface area contributed by atoms with E-state index in [4.69, 9.17) is 16.3 Å². The predicted molar refractivity (Wildman–Crippen MR) is 262 cm³/mol. The van der Waals surface area contributed by atoms with E-state index in [1.807, 2.05) is 48.3 Å². The molecule has 3 aliphatic rings. The third kappa shape index (κ3) is 12.1. The molecule has 0 amide bonds. The summed E-state index contributed by atoms with van der Waals surface area (Å²) < 4.78 is 131. The molecule has 4 aromatic carbocycles. The highest BCUT2D eigenvalue weighted by molar-refractivity contribution is 7.99. The first kappa shape index (κ1) is 49.6. The Balaban J connectivity index is 0.985. The Kier molecular flexibility index (Phi) is 15.5. The number of alkyl halides is 3. The van der Waals surface area contributed by atoms with Crippen molar-refractivity contribution in [3.05, 3.63) is 125 Å². The van der Waals surface area contributed by atoms with Gasteiger partial charge in [-0.15, -0.1) is 11.8 Å². The number of benzene rings is 4. The molecule has 3 heterocycles. The number of ether oxygens (including phenoxy) is 1. The standard InChI is InChI=1S/C49H56ClF4N7O5S3/c1-59-25-27-60(28-26-59)23-19-37(32-67-45-10-6-5-9-42(45)51)57-43-16-15-39(29-46(43)68(62,63)49(52,53)54)69(64,65)58-47-41-20-24-61(31-44(41)55-33-56-47)38-17-21-48(66-2,22-18-38)30-35-7-3-4-8-40(35)34-11-13-36(50)14-12-34/h3-16,29,33,37-38,57H,17-28,30-32H2,1-2H3,(H,55,56,58)/t37-,38?,48?/m1/s1/i38D. The van der Waals surface area contributed by atoms with Crippen LogP contribution in [-0.4, -0.2) is 124 Å². The number of sulfonamides is 1. The minimum atomic E-state index is -6.10. The smallest absolute Gasteiger partial charge is 0.380 e. The van der Waals surface area contributed by atoms with Crippen LogP contribution in [0, 0.1) is 5.82 Å². The van der Waals surface area contributed by atoms with Gasteiger partial charge in [0.2, 0.25) is 0 Å². The summed E-state index contributed by atoms with van der Waals surface area (Å²) in [5, 5.41) is 3.62. The largest absolute Gasteiger partial charge is 0.501 e. The first-order chi connectivity index (χ1) is 33.3. The Labute approximate surface area is 412 Å². The van der Waals surface area contributed by atoms with Crippen molar-refractivity contribution in [2.45, 2.75) is 89.3 Å². The van der Waals surface area contributed by atoms with Crippen molar-refractivity contribution < 1.29 is 40.5 Å². The number of sulfone groups is 1. The van der Waals surface area contributed by atoms with E-state index < -0.39 is 64.3 Å². The van der Waals surface area contributed by atoms with Crippen LogP contribution in [0.1, 0.15) is 50.3 Å². The first-order valence-electron chi connectivity index (χ1n) is 23.3. The van der Waals surface area contributed by atoms with Gasteiger partial charge in [0.25, 0.3) is 19.9 Å². The van der Waals surface area contributed by atoms with Crippen molar-refractivity contribution >= 4 is 54.7 Å². The Hall–Kier alpha value is -4.34. The lowest BCUT2D eigenvalue weighted by atomic mass is 9.76. The number of piperazine rings is 1. The molecule has 1 aromatic heterocycles. The molecule has 370 valence electrons. The van der Waals surface area contributed by atoms with Gasteiger partial charge in [-0.05, 0) is 105 Å². The molecule has 0 radical (unpaired) electrons. The molecule has 0 unspecified atom stereocenters. The lowest BCUT2D eigenvalue weighted by Gasteiger charge is -2.44. The minimum absolute atomic E-state index is 0.0957. The molecule has 0 bridgehead atoms. The van der Waals surface area contributed by atoms with E-state index in [0.29, 0.717) is 78.9 Å². The highest BCUT2D eigenvalue weighted by Crippen LogP contribution is 2.41. The lowest BCUT2D eigenvalue weighted by Crippen LogP contribution is -2.47. The fourth-order valence-corrected chi connectivity index (χ4v) is 12.5. The van der Waals surface area contributed by atoms with Gasteiger partial charge < -0.3 is 19.9 Å². The molecule has 0 spiro atoms. The highest BCUT2D eigenvalue weighted by atomic mass is 35.5. The van der Waals surface area contributed by atoms with Gasteiger partial charge in [-0.3, -0.25) is 9.62 Å². The van der Waals surface area contributed by atoms with Crippen LogP contribution in [0.2, 0.25) is 5.02 Å². The summed E-state index contributed by atoms with van der Waals surface area (Å²) in [6.07, 6.45) is 4.68. The predicted octanol–water partition coefficient (Wildman–Crippen LogP) is 9.17. The first-order valence-corrected chi connectivity index (χ1v) is 27.1. The summed E-state index contributed by atoms with van der Waals surface area (Å²) in [4.78, 5) is 13.4. The van der Waals surface area contributed by atoms with Crippen LogP contribution in [-0.2, 0) is 44.0 Å². The normalized spacial score (nSPS) is 21.6. The number of aromatic nitrogens is 2. The van der Waals surface area contributed by atoms with E-state index in [1.165, 1.54) is 18.5 Å². The topological polar surface area (TPSA) is 137 Å². The van der Waals surface area contributed by atoms with Crippen LogP contribution in [0.3, 0.4) is 0 Å². The summed E-state index contributed by atoms with van der Waals surface area (Å²) in [6.45, 7) is 4.28. The Morgan fingerprint density at radius 2 is 1.65 bits per heavy atom. The third-order valence-electron chi connectivity index (χ3n) is 13.4. The number of nitrogens with zero attached hydrogens (tertiary/aromatic N) is 5. The number of methoxy groups -OCH3 is 1. The van der Waals surface area contributed by atoms with Crippen LogP contribution in [0.25, 0.3) is 11.1 Å². The maximum atomic E-state index is 14.6. The average Bonchev–Trinajstić information content (AvgIpc) is 3.34. The number of hydrogen-bond acceptors (Lipinski definition) is 12. The van der Waals surface area contributed by atoms with Gasteiger partial charge >= 0.3 is 5.51 Å². The Bertz CT molecular complexity index is 2870. The maximum Gasteiger partial charge on any atom is 0.501 e. The molecule has 69 heavy (non-hydrogen) atoms. The average molecular weight is 1030 g/mol. The molecular weight excluding hydrogens is 974 g/mol. The molecule has 1 saturated carbocycles. The van der Waals surface area contributed by atoms with Crippen molar-refractivity contribution in [1.82, 2.24) is 24.7 Å². The molecule has 5 aromatic rings. The van der Waals surface area contributed by atoms with E-state index >= 15 is 0 Å². The van der Waals surface area contributed by atoms with E-state index in [9.17, 15) is 35.8 Å². The van der Waals surface area contributed by atoms with Crippen molar-refractivity contribution in [3.63, 3.8) is 0 Å². The van der Waals surface area contributed by atoms with Crippen LogP contribution in [0.4, 0.5) is 29.1 Å². The van der Waals surface area contributed by atoms with Gasteiger partial charge in [0.05, 0.1) is 21.9 Å². The number of likely N-dealkylation sites (N-methyl/N-ethyl adjacent to an activating group) is 1. The van der Waals surface area contributed by atoms with Crippen LogP contribution >= 0.6 is 23.4 Å². The molecular formula is C49H56ClF4N7O5S3. The molecule has 2 aliphatic heterocycles. The SMILES string of the molecule is [2H]C1(N2CCc3c(ncnc3NS(=O)(=O)c3ccc(N[C@H](CCN4CCN(C)CC4)CSc4ccccc4F)c(S(=O)(=O)C(F)(F)F)c3)C2)CCC(Cc2ccccc2-c2ccc(Cl)cc2)(OC)CC1. The zero-order valence-electron chi connectivity index (χ0n) is 39.3. The summed E-state index contributed by atoms with van der Waals surface area (Å²) in [5.41, 5.74) is -2.50. The summed E-state index contributed by atoms with van der Waals surface area (Å²) in [6, 6.07) is 22.9. The highest BCUT2D eigenvalue weighted by Gasteiger charge is 2.49. The van der Waals surface area contributed by atoms with Crippen molar-refractivity contribution in [2.75, 3.05) is 69.2 Å². The molecule has 8 rings (SSSR count). The van der Waals surface area contributed by atoms with E-state index in [-0.39, 0.29) is 24.5 Å². The molecule has 20 heteroatoms.